The van der Waals surface area contributed by atoms with Gasteiger partial charge in [0, 0.05) is 37.3 Å². The first kappa shape index (κ1) is 17.0. The van der Waals surface area contributed by atoms with Crippen molar-refractivity contribution in [2.75, 3.05) is 44.3 Å². The minimum absolute atomic E-state index is 0.00459. The number of ether oxygens (including phenoxy) is 1. The lowest BCUT2D eigenvalue weighted by molar-refractivity contribution is -0.384. The van der Waals surface area contributed by atoms with Gasteiger partial charge < -0.3 is 14.5 Å². The van der Waals surface area contributed by atoms with Crippen molar-refractivity contribution in [3.8, 4) is 0 Å². The molecule has 24 heavy (non-hydrogen) atoms. The largest absolute Gasteiger partial charge is 0.371 e. The second-order valence-electron chi connectivity index (χ2n) is 6.22. The van der Waals surface area contributed by atoms with E-state index in [4.69, 9.17) is 16.3 Å². The Morgan fingerprint density at radius 3 is 2.62 bits per heavy atom. The minimum atomic E-state index is -0.426. The summed E-state index contributed by atoms with van der Waals surface area (Å²) in [5, 5.41) is 11.5. The van der Waals surface area contributed by atoms with Gasteiger partial charge in [-0.3, -0.25) is 14.9 Å². The molecule has 8 heteroatoms. The van der Waals surface area contributed by atoms with Crippen LogP contribution in [0.4, 0.5) is 11.4 Å². The van der Waals surface area contributed by atoms with Crippen molar-refractivity contribution in [1.82, 2.24) is 4.90 Å². The Hall–Kier alpha value is -1.86. The molecule has 1 aromatic rings. The maximum absolute atomic E-state index is 12.1. The summed E-state index contributed by atoms with van der Waals surface area (Å²) in [7, 11) is 0. The van der Waals surface area contributed by atoms with Crippen LogP contribution in [0, 0.1) is 16.0 Å². The highest BCUT2D eigenvalue weighted by molar-refractivity contribution is 6.30. The third-order valence-electron chi connectivity index (χ3n) is 4.38. The lowest BCUT2D eigenvalue weighted by atomic mass is 10.2. The Morgan fingerprint density at radius 1 is 1.29 bits per heavy atom. The highest BCUT2D eigenvalue weighted by Gasteiger charge is 2.27. The van der Waals surface area contributed by atoms with Crippen molar-refractivity contribution in [2.45, 2.75) is 12.8 Å². The highest BCUT2D eigenvalue weighted by Crippen LogP contribution is 2.31. The number of benzene rings is 1. The third kappa shape index (κ3) is 4.15. The predicted octanol–water partition coefficient (Wildman–Crippen LogP) is 2.32. The van der Waals surface area contributed by atoms with Gasteiger partial charge in [-0.05, 0) is 30.9 Å². The predicted molar refractivity (Wildman–Crippen MR) is 90.4 cm³/mol. The molecule has 1 aromatic carbocycles. The fourth-order valence-corrected chi connectivity index (χ4v) is 2.96. The quantitative estimate of drug-likeness (QED) is 0.579. The smallest absolute Gasteiger partial charge is 0.294 e. The molecule has 1 heterocycles. The topological polar surface area (TPSA) is 75.9 Å². The fraction of sp³-hybridized carbons (Fsp3) is 0.562. The average molecular weight is 354 g/mol. The molecule has 1 saturated heterocycles. The number of nitrogens with zero attached hydrogens (tertiary/aromatic N) is 3. The maximum Gasteiger partial charge on any atom is 0.294 e. The first-order chi connectivity index (χ1) is 11.5. The lowest BCUT2D eigenvalue weighted by Crippen LogP contribution is -2.50. The van der Waals surface area contributed by atoms with E-state index in [9.17, 15) is 14.9 Å². The van der Waals surface area contributed by atoms with E-state index < -0.39 is 4.92 Å². The van der Waals surface area contributed by atoms with Crippen molar-refractivity contribution in [3.63, 3.8) is 0 Å². The normalized spacial score (nSPS) is 17.9. The monoisotopic (exact) mass is 353 g/mol. The van der Waals surface area contributed by atoms with Crippen LogP contribution in [0.15, 0.2) is 18.2 Å². The molecule has 0 bridgehead atoms. The molecule has 1 aliphatic heterocycles. The Labute approximate surface area is 145 Å². The SMILES string of the molecule is O=C(COCC1CC1)N1CCN(c2ccc(Cl)cc2[N+](=O)[O-])CC1. The summed E-state index contributed by atoms with van der Waals surface area (Å²) in [5.74, 6) is 0.626. The van der Waals surface area contributed by atoms with Crippen LogP contribution in [0.2, 0.25) is 5.02 Å². The van der Waals surface area contributed by atoms with Gasteiger partial charge in [-0.1, -0.05) is 11.6 Å². The van der Waals surface area contributed by atoms with Crippen LogP contribution in [0.3, 0.4) is 0 Å². The standard InChI is InChI=1S/C16H20ClN3O4/c17-13-3-4-14(15(9-13)20(22)23)18-5-7-19(8-6-18)16(21)11-24-10-12-1-2-12/h3-4,9,12H,1-2,5-8,10-11H2. The van der Waals surface area contributed by atoms with Crippen LogP contribution in [0.5, 0.6) is 0 Å². The Morgan fingerprint density at radius 2 is 2.00 bits per heavy atom. The number of nitro groups is 1. The summed E-state index contributed by atoms with van der Waals surface area (Å²) < 4.78 is 5.44. The molecule has 3 rings (SSSR count). The van der Waals surface area contributed by atoms with Crippen molar-refractivity contribution in [2.24, 2.45) is 5.92 Å². The molecule has 1 amide bonds. The molecule has 0 unspecified atom stereocenters. The molecule has 2 fully saturated rings. The average Bonchev–Trinajstić information content (AvgIpc) is 3.39. The van der Waals surface area contributed by atoms with Crippen molar-refractivity contribution in [3.05, 3.63) is 33.3 Å². The summed E-state index contributed by atoms with van der Waals surface area (Å²) >= 11 is 5.85. The molecule has 0 atom stereocenters. The lowest BCUT2D eigenvalue weighted by Gasteiger charge is -2.35. The van der Waals surface area contributed by atoms with E-state index in [-0.39, 0.29) is 18.2 Å². The van der Waals surface area contributed by atoms with Crippen LogP contribution in [0.25, 0.3) is 0 Å². The van der Waals surface area contributed by atoms with E-state index in [0.717, 1.165) is 0 Å². The first-order valence-electron chi connectivity index (χ1n) is 8.09. The van der Waals surface area contributed by atoms with Crippen LogP contribution in [-0.2, 0) is 9.53 Å². The van der Waals surface area contributed by atoms with Gasteiger partial charge >= 0.3 is 0 Å². The molecular formula is C16H20ClN3O4. The van der Waals surface area contributed by atoms with Gasteiger partial charge in [0.1, 0.15) is 12.3 Å². The molecule has 0 spiro atoms. The first-order valence-corrected chi connectivity index (χ1v) is 8.47. The second kappa shape index (κ2) is 7.36. The van der Waals surface area contributed by atoms with Gasteiger partial charge in [-0.15, -0.1) is 0 Å². The highest BCUT2D eigenvalue weighted by atomic mass is 35.5. The number of nitro benzene ring substituents is 1. The summed E-state index contributed by atoms with van der Waals surface area (Å²) in [4.78, 5) is 26.6. The molecule has 0 N–H and O–H groups in total. The van der Waals surface area contributed by atoms with E-state index in [1.54, 1.807) is 17.0 Å². The van der Waals surface area contributed by atoms with Crippen molar-refractivity contribution in [1.29, 1.82) is 0 Å². The molecule has 2 aliphatic rings. The number of carbonyl (C=O) groups is 1. The van der Waals surface area contributed by atoms with E-state index in [1.807, 2.05) is 4.90 Å². The number of halogens is 1. The number of hydrogen-bond acceptors (Lipinski definition) is 5. The zero-order valence-corrected chi connectivity index (χ0v) is 14.1. The van der Waals surface area contributed by atoms with Gasteiger partial charge in [0.05, 0.1) is 11.5 Å². The zero-order chi connectivity index (χ0) is 17.1. The number of hydrogen-bond donors (Lipinski definition) is 0. The van der Waals surface area contributed by atoms with Gasteiger partial charge in [0.25, 0.3) is 5.69 Å². The number of rotatable bonds is 6. The molecule has 0 aromatic heterocycles. The van der Waals surface area contributed by atoms with Crippen LogP contribution in [0.1, 0.15) is 12.8 Å². The third-order valence-corrected chi connectivity index (χ3v) is 4.62. The van der Waals surface area contributed by atoms with Gasteiger partial charge in [-0.2, -0.15) is 0 Å². The maximum atomic E-state index is 12.1. The van der Waals surface area contributed by atoms with E-state index in [2.05, 4.69) is 0 Å². The molecule has 7 nitrogen and oxygen atoms in total. The molecule has 1 aliphatic carbocycles. The summed E-state index contributed by atoms with van der Waals surface area (Å²) in [5.41, 5.74) is 0.538. The number of amides is 1. The fourth-order valence-electron chi connectivity index (χ4n) is 2.80. The van der Waals surface area contributed by atoms with E-state index in [0.29, 0.717) is 49.4 Å². The van der Waals surface area contributed by atoms with E-state index >= 15 is 0 Å². The minimum Gasteiger partial charge on any atom is -0.371 e. The van der Waals surface area contributed by atoms with E-state index in [1.165, 1.54) is 18.9 Å². The number of anilines is 1. The Bertz CT molecular complexity index is 628. The van der Waals surface area contributed by atoms with Gasteiger partial charge in [-0.25, -0.2) is 0 Å². The van der Waals surface area contributed by atoms with Crippen molar-refractivity contribution < 1.29 is 14.5 Å². The van der Waals surface area contributed by atoms with Crippen molar-refractivity contribution >= 4 is 28.9 Å². The zero-order valence-electron chi connectivity index (χ0n) is 13.3. The summed E-state index contributed by atoms with van der Waals surface area (Å²) in [6.07, 6.45) is 2.40. The van der Waals surface area contributed by atoms with Crippen LogP contribution in [-0.4, -0.2) is 55.1 Å². The molecule has 130 valence electrons. The second-order valence-corrected chi connectivity index (χ2v) is 6.65. The van der Waals surface area contributed by atoms with Crippen LogP contribution < -0.4 is 4.90 Å². The summed E-state index contributed by atoms with van der Waals surface area (Å²) in [6.45, 7) is 2.96. The Balaban J connectivity index is 1.54. The summed E-state index contributed by atoms with van der Waals surface area (Å²) in [6, 6.07) is 4.67. The molecular weight excluding hydrogens is 334 g/mol. The number of piperazine rings is 1. The molecule has 1 saturated carbocycles. The van der Waals surface area contributed by atoms with Crippen LogP contribution >= 0.6 is 11.6 Å². The number of carbonyl (C=O) groups excluding carboxylic acids is 1. The van der Waals surface area contributed by atoms with Gasteiger partial charge in [0.15, 0.2) is 0 Å². The molecule has 0 radical (unpaired) electrons. The Kier molecular flexibility index (Phi) is 5.20. The van der Waals surface area contributed by atoms with Gasteiger partial charge in [0.2, 0.25) is 5.91 Å².